The predicted octanol–water partition coefficient (Wildman–Crippen LogP) is 10.4. The summed E-state index contributed by atoms with van der Waals surface area (Å²) in [6, 6.07) is 53.5. The molecular weight excluding hydrogens is 522 g/mol. The van der Waals surface area contributed by atoms with E-state index in [0.29, 0.717) is 0 Å². The van der Waals surface area contributed by atoms with Crippen molar-refractivity contribution in [3.8, 4) is 28.2 Å². The van der Waals surface area contributed by atoms with Crippen LogP contribution in [0, 0.1) is 0 Å². The fraction of sp³-hybridized carbons (Fsp3) is 0. The number of benzene rings is 7. The van der Waals surface area contributed by atoms with Gasteiger partial charge in [0.1, 0.15) is 5.52 Å². The van der Waals surface area contributed by atoms with Gasteiger partial charge in [0.2, 0.25) is 0 Å². The average Bonchev–Trinajstić information content (AvgIpc) is 3.43. The van der Waals surface area contributed by atoms with Crippen molar-refractivity contribution in [3.05, 3.63) is 152 Å². The number of aromatic nitrogens is 3. The number of para-hydroxylation sites is 1. The van der Waals surface area contributed by atoms with Crippen LogP contribution in [0.5, 0.6) is 0 Å². The second kappa shape index (κ2) is 9.37. The molecule has 0 bridgehead atoms. The summed E-state index contributed by atoms with van der Waals surface area (Å²) >= 11 is 0. The molecule has 0 radical (unpaired) electrons. The zero-order chi connectivity index (χ0) is 28.3. The summed E-state index contributed by atoms with van der Waals surface area (Å²) < 4.78 is 2.39. The van der Waals surface area contributed by atoms with Crippen LogP contribution in [-0.4, -0.2) is 14.5 Å². The summed E-state index contributed by atoms with van der Waals surface area (Å²) in [5.41, 5.74) is 8.95. The summed E-state index contributed by atoms with van der Waals surface area (Å²) in [5.74, 6) is 0. The molecule has 0 unspecified atom stereocenters. The van der Waals surface area contributed by atoms with Crippen LogP contribution in [0.15, 0.2) is 152 Å². The van der Waals surface area contributed by atoms with Crippen molar-refractivity contribution in [2.75, 3.05) is 0 Å². The summed E-state index contributed by atoms with van der Waals surface area (Å²) in [6.07, 6.45) is 0. The first-order valence-electron chi connectivity index (χ1n) is 14.6. The second-order valence-corrected chi connectivity index (χ2v) is 11.0. The van der Waals surface area contributed by atoms with Gasteiger partial charge in [-0.2, -0.15) is 0 Å². The molecule has 7 aromatic carbocycles. The maximum atomic E-state index is 5.43. The number of nitrogens with zero attached hydrogens (tertiary/aromatic N) is 3. The molecule has 9 rings (SSSR count). The number of hydrogen-bond acceptors (Lipinski definition) is 2. The van der Waals surface area contributed by atoms with Gasteiger partial charge >= 0.3 is 0 Å². The molecule has 0 aliphatic carbocycles. The van der Waals surface area contributed by atoms with Crippen molar-refractivity contribution in [2.24, 2.45) is 0 Å². The molecule has 200 valence electrons. The lowest BCUT2D eigenvalue weighted by molar-refractivity contribution is 1.17. The smallest absolute Gasteiger partial charge is 0.113 e. The van der Waals surface area contributed by atoms with E-state index < -0.39 is 0 Å². The molecule has 0 N–H and O–H groups in total. The maximum absolute atomic E-state index is 5.43. The molecule has 0 atom stereocenters. The first kappa shape index (κ1) is 23.9. The highest BCUT2D eigenvalue weighted by atomic mass is 15.0. The lowest BCUT2D eigenvalue weighted by Crippen LogP contribution is -2.01. The van der Waals surface area contributed by atoms with Crippen molar-refractivity contribution in [3.63, 3.8) is 0 Å². The molecule has 2 heterocycles. The summed E-state index contributed by atoms with van der Waals surface area (Å²) in [4.78, 5) is 10.7. The SMILES string of the molecule is c1ccc(-c2nc3cccc(-n4c5ccc6ccccc6c5c5c6ccccc6ccc54)c3nc2-c2ccccc2)cc1. The summed E-state index contributed by atoms with van der Waals surface area (Å²) in [5, 5.41) is 7.50. The van der Waals surface area contributed by atoms with Crippen LogP contribution in [0.2, 0.25) is 0 Å². The minimum Gasteiger partial charge on any atom is -0.307 e. The van der Waals surface area contributed by atoms with Crippen molar-refractivity contribution >= 4 is 54.4 Å². The Morgan fingerprint density at radius 3 is 1.49 bits per heavy atom. The van der Waals surface area contributed by atoms with Crippen LogP contribution < -0.4 is 0 Å². The lowest BCUT2D eigenvalue weighted by atomic mass is 10.00. The van der Waals surface area contributed by atoms with E-state index in [9.17, 15) is 0 Å². The molecule has 0 saturated heterocycles. The molecule has 3 heteroatoms. The fourth-order valence-corrected chi connectivity index (χ4v) is 6.64. The van der Waals surface area contributed by atoms with E-state index in [0.717, 1.165) is 50.3 Å². The average molecular weight is 548 g/mol. The minimum absolute atomic E-state index is 0.868. The van der Waals surface area contributed by atoms with Gasteiger partial charge in [-0.05, 0) is 45.8 Å². The Hall–Kier alpha value is -5.80. The van der Waals surface area contributed by atoms with Crippen LogP contribution in [0.25, 0.3) is 82.6 Å². The molecule has 2 aromatic heterocycles. The Bertz CT molecular complexity index is 2400. The Balaban J connectivity index is 1.44. The molecule has 0 amide bonds. The van der Waals surface area contributed by atoms with Gasteiger partial charge < -0.3 is 4.57 Å². The minimum atomic E-state index is 0.868. The Kier molecular flexibility index (Phi) is 5.20. The van der Waals surface area contributed by atoms with Gasteiger partial charge in [-0.1, -0.05) is 127 Å². The van der Waals surface area contributed by atoms with E-state index in [-0.39, 0.29) is 0 Å². The largest absolute Gasteiger partial charge is 0.307 e. The van der Waals surface area contributed by atoms with E-state index in [1.807, 2.05) is 12.1 Å². The molecule has 9 aromatic rings. The standard InChI is InChI=1S/C40H25N3/c1-3-14-28(15-4-1)38-39(29-16-5-2-6-17-29)42-40-32(41-38)20-11-21-35(40)43-33-24-22-26-12-7-9-18-30(26)36(33)37-31-19-10-8-13-27(31)23-25-34(37)43/h1-25H. The summed E-state index contributed by atoms with van der Waals surface area (Å²) in [7, 11) is 0. The van der Waals surface area contributed by atoms with Gasteiger partial charge in [0.15, 0.2) is 0 Å². The van der Waals surface area contributed by atoms with Gasteiger partial charge in [-0.15, -0.1) is 0 Å². The van der Waals surface area contributed by atoms with Crippen LogP contribution in [0.1, 0.15) is 0 Å². The topological polar surface area (TPSA) is 30.7 Å². The van der Waals surface area contributed by atoms with Gasteiger partial charge in [0.25, 0.3) is 0 Å². The van der Waals surface area contributed by atoms with Crippen molar-refractivity contribution in [2.45, 2.75) is 0 Å². The summed E-state index contributed by atoms with van der Waals surface area (Å²) in [6.45, 7) is 0. The van der Waals surface area contributed by atoms with Crippen LogP contribution in [-0.2, 0) is 0 Å². The molecule has 0 saturated carbocycles. The van der Waals surface area contributed by atoms with Gasteiger partial charge in [0.05, 0.1) is 33.6 Å². The quantitative estimate of drug-likeness (QED) is 0.220. The van der Waals surface area contributed by atoms with E-state index in [1.165, 1.54) is 32.3 Å². The van der Waals surface area contributed by atoms with Crippen LogP contribution >= 0.6 is 0 Å². The number of hydrogen-bond donors (Lipinski definition) is 0. The molecule has 43 heavy (non-hydrogen) atoms. The van der Waals surface area contributed by atoms with Crippen LogP contribution in [0.3, 0.4) is 0 Å². The van der Waals surface area contributed by atoms with E-state index in [1.54, 1.807) is 0 Å². The van der Waals surface area contributed by atoms with Crippen molar-refractivity contribution in [1.82, 2.24) is 14.5 Å². The fourth-order valence-electron chi connectivity index (χ4n) is 6.64. The third kappa shape index (κ3) is 3.62. The monoisotopic (exact) mass is 547 g/mol. The van der Waals surface area contributed by atoms with Gasteiger partial charge in [-0.25, -0.2) is 9.97 Å². The first-order chi connectivity index (χ1) is 21.3. The number of fused-ring (bicyclic) bond motifs is 8. The molecule has 0 aliphatic rings. The Morgan fingerprint density at radius 1 is 0.395 bits per heavy atom. The lowest BCUT2D eigenvalue weighted by Gasteiger charge is -2.15. The molecule has 0 spiro atoms. The molecule has 0 aliphatic heterocycles. The van der Waals surface area contributed by atoms with Gasteiger partial charge in [0, 0.05) is 21.9 Å². The van der Waals surface area contributed by atoms with E-state index in [4.69, 9.17) is 9.97 Å². The van der Waals surface area contributed by atoms with Gasteiger partial charge in [-0.3, -0.25) is 0 Å². The Labute approximate surface area is 248 Å². The highest BCUT2D eigenvalue weighted by Crippen LogP contribution is 2.42. The van der Waals surface area contributed by atoms with Crippen molar-refractivity contribution in [1.29, 1.82) is 0 Å². The predicted molar refractivity (Wildman–Crippen MR) is 180 cm³/mol. The molecular formula is C40H25N3. The first-order valence-corrected chi connectivity index (χ1v) is 14.6. The van der Waals surface area contributed by atoms with E-state index in [2.05, 4.69) is 144 Å². The number of rotatable bonds is 3. The Morgan fingerprint density at radius 2 is 0.907 bits per heavy atom. The highest BCUT2D eigenvalue weighted by molar-refractivity contribution is 6.28. The normalized spacial score (nSPS) is 11.7. The second-order valence-electron chi connectivity index (χ2n) is 11.0. The van der Waals surface area contributed by atoms with Crippen LogP contribution in [0.4, 0.5) is 0 Å². The third-order valence-electron chi connectivity index (χ3n) is 8.55. The van der Waals surface area contributed by atoms with E-state index >= 15 is 0 Å². The third-order valence-corrected chi connectivity index (χ3v) is 8.55. The van der Waals surface area contributed by atoms with Crippen molar-refractivity contribution < 1.29 is 0 Å². The zero-order valence-electron chi connectivity index (χ0n) is 23.3. The highest BCUT2D eigenvalue weighted by Gasteiger charge is 2.20. The maximum Gasteiger partial charge on any atom is 0.113 e. The molecule has 0 fully saturated rings. The molecule has 3 nitrogen and oxygen atoms in total. The zero-order valence-corrected chi connectivity index (χ0v) is 23.3.